The SMILES string of the molecule is O=C(CCCOc1ccccc1Br)NCc1ccc(Cn2cccn2)cc1. The number of nitrogens with one attached hydrogen (secondary N) is 1. The van der Waals surface area contributed by atoms with Gasteiger partial charge in [-0.2, -0.15) is 5.10 Å². The number of hydrogen-bond donors (Lipinski definition) is 1. The van der Waals surface area contributed by atoms with E-state index in [4.69, 9.17) is 4.74 Å². The van der Waals surface area contributed by atoms with Gasteiger partial charge in [0.1, 0.15) is 5.75 Å². The van der Waals surface area contributed by atoms with E-state index in [0.29, 0.717) is 26.0 Å². The summed E-state index contributed by atoms with van der Waals surface area (Å²) < 4.78 is 8.48. The standard InChI is InChI=1S/C21H22BrN3O2/c22-19-5-1-2-6-20(19)27-14-3-7-21(26)23-15-17-8-10-18(11-9-17)16-25-13-4-12-24-25/h1-2,4-6,8-13H,3,7,14-16H2,(H,23,26). The third-order valence-electron chi connectivity index (χ3n) is 4.06. The number of halogens is 1. The summed E-state index contributed by atoms with van der Waals surface area (Å²) in [6, 6.07) is 17.8. The molecule has 0 saturated carbocycles. The molecule has 0 unspecified atom stereocenters. The number of amides is 1. The first-order valence-electron chi connectivity index (χ1n) is 8.90. The minimum absolute atomic E-state index is 0.0337. The Kier molecular flexibility index (Phi) is 7.04. The molecule has 1 heterocycles. The highest BCUT2D eigenvalue weighted by molar-refractivity contribution is 9.10. The number of benzene rings is 2. The highest BCUT2D eigenvalue weighted by Crippen LogP contribution is 2.23. The van der Waals surface area contributed by atoms with E-state index in [1.165, 1.54) is 5.56 Å². The van der Waals surface area contributed by atoms with Crippen molar-refractivity contribution in [1.29, 1.82) is 0 Å². The van der Waals surface area contributed by atoms with E-state index in [-0.39, 0.29) is 5.91 Å². The maximum atomic E-state index is 12.0. The molecule has 0 aliphatic heterocycles. The Morgan fingerprint density at radius 1 is 1.07 bits per heavy atom. The van der Waals surface area contributed by atoms with Gasteiger partial charge < -0.3 is 10.1 Å². The zero-order valence-corrected chi connectivity index (χ0v) is 16.6. The summed E-state index contributed by atoms with van der Waals surface area (Å²) in [5.41, 5.74) is 2.26. The number of hydrogen-bond acceptors (Lipinski definition) is 3. The molecule has 6 heteroatoms. The minimum atomic E-state index is 0.0337. The second-order valence-corrected chi connectivity index (χ2v) is 7.03. The molecule has 1 N–H and O–H groups in total. The molecule has 5 nitrogen and oxygen atoms in total. The van der Waals surface area contributed by atoms with Gasteiger partial charge in [0.2, 0.25) is 5.91 Å². The molecule has 0 aliphatic rings. The molecule has 2 aromatic carbocycles. The number of carbonyl (C=O) groups excluding carboxylic acids is 1. The largest absolute Gasteiger partial charge is 0.492 e. The predicted octanol–water partition coefficient (Wildman–Crippen LogP) is 4.17. The molecule has 0 aliphatic carbocycles. The highest BCUT2D eigenvalue weighted by Gasteiger charge is 2.04. The fourth-order valence-corrected chi connectivity index (χ4v) is 3.01. The summed E-state index contributed by atoms with van der Waals surface area (Å²) in [5.74, 6) is 0.833. The third-order valence-corrected chi connectivity index (χ3v) is 4.71. The maximum Gasteiger partial charge on any atom is 0.220 e. The number of ether oxygens (including phenoxy) is 1. The van der Waals surface area contributed by atoms with Crippen molar-refractivity contribution in [2.45, 2.75) is 25.9 Å². The Labute approximate surface area is 167 Å². The van der Waals surface area contributed by atoms with Crippen LogP contribution < -0.4 is 10.1 Å². The molecule has 0 atom stereocenters. The molecule has 27 heavy (non-hydrogen) atoms. The van der Waals surface area contributed by atoms with E-state index in [1.54, 1.807) is 6.20 Å². The van der Waals surface area contributed by atoms with Crippen molar-refractivity contribution in [1.82, 2.24) is 15.1 Å². The summed E-state index contributed by atoms with van der Waals surface area (Å²) in [6.45, 7) is 1.79. The molecule has 0 fully saturated rings. The lowest BCUT2D eigenvalue weighted by molar-refractivity contribution is -0.121. The fourth-order valence-electron chi connectivity index (χ4n) is 2.61. The second-order valence-electron chi connectivity index (χ2n) is 6.18. The normalized spacial score (nSPS) is 10.6. The van der Waals surface area contributed by atoms with Crippen molar-refractivity contribution in [3.63, 3.8) is 0 Å². The van der Waals surface area contributed by atoms with E-state index in [2.05, 4.69) is 38.5 Å². The molecule has 1 aromatic heterocycles. The topological polar surface area (TPSA) is 56.1 Å². The molecule has 0 spiro atoms. The van der Waals surface area contributed by atoms with Gasteiger partial charge in [-0.15, -0.1) is 0 Å². The first kappa shape index (κ1) is 19.2. The molecule has 3 aromatic rings. The summed E-state index contributed by atoms with van der Waals surface area (Å²) in [4.78, 5) is 12.0. The van der Waals surface area contributed by atoms with Crippen molar-refractivity contribution in [2.24, 2.45) is 0 Å². The van der Waals surface area contributed by atoms with E-state index < -0.39 is 0 Å². The summed E-state index contributed by atoms with van der Waals surface area (Å²) in [7, 11) is 0. The molecule has 140 valence electrons. The van der Waals surface area contributed by atoms with Crippen LogP contribution in [0.1, 0.15) is 24.0 Å². The molecule has 0 bridgehead atoms. The number of carbonyl (C=O) groups is 1. The van der Waals surface area contributed by atoms with Crippen molar-refractivity contribution >= 4 is 21.8 Å². The third kappa shape index (κ3) is 6.25. The van der Waals surface area contributed by atoms with Gasteiger partial charge in [-0.05, 0) is 51.7 Å². The van der Waals surface area contributed by atoms with Gasteiger partial charge in [-0.1, -0.05) is 36.4 Å². The van der Waals surface area contributed by atoms with E-state index in [1.807, 2.05) is 53.3 Å². The van der Waals surface area contributed by atoms with Crippen molar-refractivity contribution in [3.8, 4) is 5.75 Å². The van der Waals surface area contributed by atoms with Crippen LogP contribution in [0.25, 0.3) is 0 Å². The van der Waals surface area contributed by atoms with Crippen molar-refractivity contribution in [3.05, 3.63) is 82.6 Å². The smallest absolute Gasteiger partial charge is 0.220 e. The van der Waals surface area contributed by atoms with Gasteiger partial charge in [0, 0.05) is 25.4 Å². The summed E-state index contributed by atoms with van der Waals surface area (Å²) in [6.07, 6.45) is 4.83. The Bertz CT molecular complexity index is 848. The number of rotatable bonds is 9. The average molecular weight is 428 g/mol. The predicted molar refractivity (Wildman–Crippen MR) is 108 cm³/mol. The van der Waals surface area contributed by atoms with Crippen LogP contribution in [0.5, 0.6) is 5.75 Å². The van der Waals surface area contributed by atoms with Crippen LogP contribution in [0.15, 0.2) is 71.5 Å². The number of nitrogens with zero attached hydrogens (tertiary/aromatic N) is 2. The van der Waals surface area contributed by atoms with Crippen LogP contribution in [0.4, 0.5) is 0 Å². The monoisotopic (exact) mass is 427 g/mol. The lowest BCUT2D eigenvalue weighted by Gasteiger charge is -2.09. The van der Waals surface area contributed by atoms with Crippen LogP contribution >= 0.6 is 15.9 Å². The lowest BCUT2D eigenvalue weighted by Crippen LogP contribution is -2.23. The van der Waals surface area contributed by atoms with Gasteiger partial charge in [-0.25, -0.2) is 0 Å². The van der Waals surface area contributed by atoms with Crippen LogP contribution in [-0.4, -0.2) is 22.3 Å². The van der Waals surface area contributed by atoms with Crippen LogP contribution in [0.2, 0.25) is 0 Å². The van der Waals surface area contributed by atoms with Crippen molar-refractivity contribution < 1.29 is 9.53 Å². The number of aromatic nitrogens is 2. The molecule has 3 rings (SSSR count). The Morgan fingerprint density at radius 2 is 1.85 bits per heavy atom. The van der Waals surface area contributed by atoms with E-state index in [0.717, 1.165) is 22.3 Å². The molecule has 0 saturated heterocycles. The van der Waals surface area contributed by atoms with Gasteiger partial charge in [0.25, 0.3) is 0 Å². The fraction of sp³-hybridized carbons (Fsp3) is 0.238. The molecular weight excluding hydrogens is 406 g/mol. The summed E-state index contributed by atoms with van der Waals surface area (Å²) in [5, 5.41) is 7.15. The van der Waals surface area contributed by atoms with Crippen LogP contribution in [-0.2, 0) is 17.9 Å². The minimum Gasteiger partial charge on any atom is -0.492 e. The Hall–Kier alpha value is -2.60. The maximum absolute atomic E-state index is 12.0. The Balaban J connectivity index is 1.34. The molecule has 0 radical (unpaired) electrons. The molecule has 1 amide bonds. The Morgan fingerprint density at radius 3 is 2.59 bits per heavy atom. The molecular formula is C21H22BrN3O2. The van der Waals surface area contributed by atoms with Crippen LogP contribution in [0, 0.1) is 0 Å². The van der Waals surface area contributed by atoms with Gasteiger partial charge in [-0.3, -0.25) is 9.48 Å². The zero-order valence-electron chi connectivity index (χ0n) is 15.0. The quantitative estimate of drug-likeness (QED) is 0.521. The lowest BCUT2D eigenvalue weighted by atomic mass is 10.1. The number of para-hydroxylation sites is 1. The van der Waals surface area contributed by atoms with E-state index in [9.17, 15) is 4.79 Å². The average Bonchev–Trinajstić information content (AvgIpc) is 3.19. The van der Waals surface area contributed by atoms with Gasteiger partial charge >= 0.3 is 0 Å². The zero-order chi connectivity index (χ0) is 18.9. The van der Waals surface area contributed by atoms with E-state index >= 15 is 0 Å². The second kappa shape index (κ2) is 9.92. The van der Waals surface area contributed by atoms with Gasteiger partial charge in [0.05, 0.1) is 17.6 Å². The summed E-state index contributed by atoms with van der Waals surface area (Å²) >= 11 is 3.44. The van der Waals surface area contributed by atoms with Crippen molar-refractivity contribution in [2.75, 3.05) is 6.61 Å². The highest BCUT2D eigenvalue weighted by atomic mass is 79.9. The van der Waals surface area contributed by atoms with Gasteiger partial charge in [0.15, 0.2) is 0 Å². The van der Waals surface area contributed by atoms with Crippen LogP contribution in [0.3, 0.4) is 0 Å². The first-order chi connectivity index (χ1) is 13.2. The first-order valence-corrected chi connectivity index (χ1v) is 9.69.